The lowest BCUT2D eigenvalue weighted by Gasteiger charge is -2.08. The molecular weight excluding hydrogens is 254 g/mol. The molecule has 19 heavy (non-hydrogen) atoms. The number of aromatic nitrogens is 2. The highest BCUT2D eigenvalue weighted by Gasteiger charge is 2.08. The van der Waals surface area contributed by atoms with Crippen molar-refractivity contribution in [2.45, 2.75) is 18.9 Å². The van der Waals surface area contributed by atoms with Gasteiger partial charge in [0.1, 0.15) is 11.1 Å². The first-order valence-electron chi connectivity index (χ1n) is 6.15. The molecule has 96 valence electrons. The van der Waals surface area contributed by atoms with Gasteiger partial charge in [0, 0.05) is 23.7 Å². The monoisotopic (exact) mass is 269 g/mol. The van der Waals surface area contributed by atoms with Crippen LogP contribution in [0, 0.1) is 17.2 Å². The van der Waals surface area contributed by atoms with Crippen LogP contribution in [0.3, 0.4) is 0 Å². The molecule has 0 unspecified atom stereocenters. The molecule has 0 atom stereocenters. The summed E-state index contributed by atoms with van der Waals surface area (Å²) in [6.45, 7) is 4.32. The van der Waals surface area contributed by atoms with Crippen molar-refractivity contribution in [3.05, 3.63) is 42.2 Å². The van der Waals surface area contributed by atoms with Crippen molar-refractivity contribution in [1.82, 2.24) is 9.97 Å². The number of pyridine rings is 2. The molecule has 0 N–H and O–H groups in total. The SMILES string of the molecule is CC(C)CSc1nc(-c2ccncc2)ccc1C#N. The van der Waals surface area contributed by atoms with E-state index in [0.29, 0.717) is 11.5 Å². The Morgan fingerprint density at radius 1 is 1.21 bits per heavy atom. The van der Waals surface area contributed by atoms with E-state index in [1.54, 1.807) is 24.2 Å². The van der Waals surface area contributed by atoms with Crippen molar-refractivity contribution in [3.63, 3.8) is 0 Å². The Hall–Kier alpha value is -1.86. The molecule has 0 spiro atoms. The van der Waals surface area contributed by atoms with Crippen LogP contribution >= 0.6 is 11.8 Å². The van der Waals surface area contributed by atoms with Crippen LogP contribution < -0.4 is 0 Å². The average Bonchev–Trinajstić information content (AvgIpc) is 2.45. The minimum absolute atomic E-state index is 0.572. The molecule has 0 aromatic carbocycles. The molecule has 0 amide bonds. The van der Waals surface area contributed by atoms with Crippen molar-refractivity contribution in [2.24, 2.45) is 5.92 Å². The zero-order chi connectivity index (χ0) is 13.7. The zero-order valence-electron chi connectivity index (χ0n) is 11.0. The van der Waals surface area contributed by atoms with E-state index in [9.17, 15) is 0 Å². The Labute approximate surface area is 117 Å². The van der Waals surface area contributed by atoms with Gasteiger partial charge in [-0.3, -0.25) is 4.98 Å². The van der Waals surface area contributed by atoms with Crippen molar-refractivity contribution < 1.29 is 0 Å². The Morgan fingerprint density at radius 2 is 1.95 bits per heavy atom. The lowest BCUT2D eigenvalue weighted by Crippen LogP contribution is -1.95. The molecular formula is C15H15N3S. The van der Waals surface area contributed by atoms with Gasteiger partial charge in [-0.15, -0.1) is 11.8 Å². The maximum atomic E-state index is 9.13. The van der Waals surface area contributed by atoms with Crippen LogP contribution in [0.2, 0.25) is 0 Å². The summed E-state index contributed by atoms with van der Waals surface area (Å²) in [6, 6.07) is 9.77. The van der Waals surface area contributed by atoms with Gasteiger partial charge >= 0.3 is 0 Å². The molecule has 4 heteroatoms. The molecule has 0 fully saturated rings. The van der Waals surface area contributed by atoms with Crippen LogP contribution in [0.15, 0.2) is 41.7 Å². The number of nitriles is 1. The van der Waals surface area contributed by atoms with Crippen LogP contribution in [0.5, 0.6) is 0 Å². The lowest BCUT2D eigenvalue weighted by molar-refractivity contribution is 0.749. The van der Waals surface area contributed by atoms with E-state index in [2.05, 4.69) is 29.9 Å². The van der Waals surface area contributed by atoms with Gasteiger partial charge in [-0.1, -0.05) is 13.8 Å². The second-order valence-electron chi connectivity index (χ2n) is 4.60. The third-order valence-electron chi connectivity index (χ3n) is 2.51. The van der Waals surface area contributed by atoms with Gasteiger partial charge in [-0.25, -0.2) is 4.98 Å². The van der Waals surface area contributed by atoms with Gasteiger partial charge in [0.2, 0.25) is 0 Å². The molecule has 0 bridgehead atoms. The van der Waals surface area contributed by atoms with Crippen LogP contribution in [0.4, 0.5) is 0 Å². The smallest absolute Gasteiger partial charge is 0.115 e. The zero-order valence-corrected chi connectivity index (χ0v) is 11.8. The first-order chi connectivity index (χ1) is 9.20. The number of hydrogen-bond donors (Lipinski definition) is 0. The highest BCUT2D eigenvalue weighted by Crippen LogP contribution is 2.26. The summed E-state index contributed by atoms with van der Waals surface area (Å²) in [7, 11) is 0. The largest absolute Gasteiger partial charge is 0.265 e. The summed E-state index contributed by atoms with van der Waals surface area (Å²) >= 11 is 1.64. The third kappa shape index (κ3) is 3.55. The maximum Gasteiger partial charge on any atom is 0.115 e. The Morgan fingerprint density at radius 3 is 2.58 bits per heavy atom. The minimum Gasteiger partial charge on any atom is -0.265 e. The van der Waals surface area contributed by atoms with E-state index < -0.39 is 0 Å². The van der Waals surface area contributed by atoms with E-state index >= 15 is 0 Å². The topological polar surface area (TPSA) is 49.6 Å². The Balaban J connectivity index is 2.33. The van der Waals surface area contributed by atoms with Crippen LogP contribution in [-0.4, -0.2) is 15.7 Å². The Kier molecular flexibility index (Phi) is 4.53. The highest BCUT2D eigenvalue weighted by atomic mass is 32.2. The Bertz CT molecular complexity index is 588. The van der Waals surface area contributed by atoms with Gasteiger partial charge in [0.25, 0.3) is 0 Å². The summed E-state index contributed by atoms with van der Waals surface area (Å²) in [6.07, 6.45) is 3.49. The van der Waals surface area contributed by atoms with E-state index in [-0.39, 0.29) is 0 Å². The number of nitrogens with zero attached hydrogens (tertiary/aromatic N) is 3. The van der Waals surface area contributed by atoms with Gasteiger partial charge < -0.3 is 0 Å². The molecule has 0 aliphatic rings. The van der Waals surface area contributed by atoms with E-state index in [1.807, 2.05) is 24.3 Å². The predicted octanol–water partition coefficient (Wildman–Crippen LogP) is 3.76. The third-order valence-corrected chi connectivity index (χ3v) is 3.93. The van der Waals surface area contributed by atoms with Gasteiger partial charge in [-0.05, 0) is 30.2 Å². The second kappa shape index (κ2) is 6.35. The molecule has 0 saturated carbocycles. The van der Waals surface area contributed by atoms with Crippen LogP contribution in [0.25, 0.3) is 11.3 Å². The van der Waals surface area contributed by atoms with Crippen LogP contribution in [-0.2, 0) is 0 Å². The highest BCUT2D eigenvalue weighted by molar-refractivity contribution is 7.99. The molecule has 3 nitrogen and oxygen atoms in total. The van der Waals surface area contributed by atoms with Gasteiger partial charge in [0.15, 0.2) is 0 Å². The molecule has 2 rings (SSSR count). The normalized spacial score (nSPS) is 10.4. The molecule has 0 aliphatic heterocycles. The summed E-state index contributed by atoms with van der Waals surface area (Å²) in [5, 5.41) is 9.94. The van der Waals surface area contributed by atoms with Crippen molar-refractivity contribution in [1.29, 1.82) is 5.26 Å². The molecule has 0 radical (unpaired) electrons. The summed E-state index contributed by atoms with van der Waals surface area (Å²) < 4.78 is 0. The fraction of sp³-hybridized carbons (Fsp3) is 0.267. The first kappa shape index (κ1) is 13.6. The lowest BCUT2D eigenvalue weighted by atomic mass is 10.1. The number of thioether (sulfide) groups is 1. The number of rotatable bonds is 4. The summed E-state index contributed by atoms with van der Waals surface area (Å²) in [4.78, 5) is 8.60. The summed E-state index contributed by atoms with van der Waals surface area (Å²) in [5.41, 5.74) is 2.54. The molecule has 2 heterocycles. The first-order valence-corrected chi connectivity index (χ1v) is 7.13. The predicted molar refractivity (Wildman–Crippen MR) is 77.7 cm³/mol. The average molecular weight is 269 g/mol. The fourth-order valence-electron chi connectivity index (χ4n) is 1.56. The molecule has 2 aromatic heterocycles. The number of hydrogen-bond acceptors (Lipinski definition) is 4. The molecule has 0 saturated heterocycles. The quantitative estimate of drug-likeness (QED) is 0.793. The summed E-state index contributed by atoms with van der Waals surface area (Å²) in [5.74, 6) is 1.53. The maximum absolute atomic E-state index is 9.13. The van der Waals surface area contributed by atoms with Crippen molar-refractivity contribution in [2.75, 3.05) is 5.75 Å². The van der Waals surface area contributed by atoms with Crippen LogP contribution in [0.1, 0.15) is 19.4 Å². The van der Waals surface area contributed by atoms with E-state index in [4.69, 9.17) is 5.26 Å². The van der Waals surface area contributed by atoms with Gasteiger partial charge in [-0.2, -0.15) is 5.26 Å². The van der Waals surface area contributed by atoms with E-state index in [1.165, 1.54) is 0 Å². The standard InChI is InChI=1S/C15H15N3S/c1-11(2)10-19-15-13(9-16)3-4-14(18-15)12-5-7-17-8-6-12/h3-8,11H,10H2,1-2H3. The van der Waals surface area contributed by atoms with Crippen molar-refractivity contribution >= 4 is 11.8 Å². The molecule has 2 aromatic rings. The van der Waals surface area contributed by atoms with E-state index in [0.717, 1.165) is 22.0 Å². The second-order valence-corrected chi connectivity index (χ2v) is 5.61. The molecule has 0 aliphatic carbocycles. The minimum atomic E-state index is 0.572. The fourth-order valence-corrected chi connectivity index (χ4v) is 2.49. The van der Waals surface area contributed by atoms with Gasteiger partial charge in [0.05, 0.1) is 11.3 Å². The van der Waals surface area contributed by atoms with Crippen molar-refractivity contribution in [3.8, 4) is 17.3 Å².